The molecule has 0 amide bonds. The van der Waals surface area contributed by atoms with Crippen molar-refractivity contribution in [2.75, 3.05) is 6.54 Å². The maximum Gasteiger partial charge on any atom is 0.263 e. The topological polar surface area (TPSA) is 12.0 Å². The van der Waals surface area contributed by atoms with Gasteiger partial charge in [-0.25, -0.2) is 8.78 Å². The van der Waals surface area contributed by atoms with E-state index >= 15 is 0 Å². The molecule has 1 saturated carbocycles. The number of alkyl halides is 2. The molecule has 0 heterocycles. The number of hydrogen-bond donors (Lipinski definition) is 1. The quantitative estimate of drug-likeness (QED) is 0.673. The van der Waals surface area contributed by atoms with E-state index in [0.29, 0.717) is 19.4 Å². The van der Waals surface area contributed by atoms with Crippen molar-refractivity contribution in [3.05, 3.63) is 11.6 Å². The first kappa shape index (κ1) is 10.6. The summed E-state index contributed by atoms with van der Waals surface area (Å²) in [6.07, 6.45) is 3.22. The van der Waals surface area contributed by atoms with Gasteiger partial charge in [-0.05, 0) is 26.7 Å². The molecule has 76 valence electrons. The first-order valence-corrected chi connectivity index (χ1v) is 4.77. The van der Waals surface area contributed by atoms with E-state index < -0.39 is 12.0 Å². The van der Waals surface area contributed by atoms with Crippen LogP contribution in [0.1, 0.15) is 33.1 Å². The molecule has 1 atom stereocenters. The van der Waals surface area contributed by atoms with Gasteiger partial charge in [0.2, 0.25) is 0 Å². The molecule has 0 bridgehead atoms. The molecule has 0 aromatic heterocycles. The van der Waals surface area contributed by atoms with Crippen LogP contribution in [0.25, 0.3) is 0 Å². The fraction of sp³-hybridized carbons (Fsp3) is 0.800. The van der Waals surface area contributed by atoms with E-state index in [0.717, 1.165) is 5.57 Å². The number of halogens is 2. The molecule has 13 heavy (non-hydrogen) atoms. The Morgan fingerprint density at radius 1 is 1.54 bits per heavy atom. The van der Waals surface area contributed by atoms with E-state index in [2.05, 4.69) is 5.32 Å². The van der Waals surface area contributed by atoms with Gasteiger partial charge in [-0.1, -0.05) is 11.6 Å². The van der Waals surface area contributed by atoms with Crippen molar-refractivity contribution in [2.45, 2.75) is 45.1 Å². The normalized spacial score (nSPS) is 26.0. The molecule has 0 spiro atoms. The summed E-state index contributed by atoms with van der Waals surface area (Å²) in [5.74, 6) is -2.49. The van der Waals surface area contributed by atoms with Gasteiger partial charge in [0.05, 0.1) is 6.04 Å². The highest BCUT2D eigenvalue weighted by Crippen LogP contribution is 2.34. The van der Waals surface area contributed by atoms with Crippen LogP contribution in [0.3, 0.4) is 0 Å². The smallest absolute Gasteiger partial charge is 0.263 e. The van der Waals surface area contributed by atoms with Gasteiger partial charge >= 0.3 is 0 Å². The lowest BCUT2D eigenvalue weighted by atomic mass is 10.2. The van der Waals surface area contributed by atoms with E-state index in [9.17, 15) is 8.78 Å². The molecule has 1 aliphatic rings. The minimum Gasteiger partial charge on any atom is -0.305 e. The summed E-state index contributed by atoms with van der Waals surface area (Å²) in [6, 6.07) is -0.608. The van der Waals surface area contributed by atoms with Gasteiger partial charge in [0.25, 0.3) is 5.92 Å². The molecule has 1 N–H and O–H groups in total. The average molecular weight is 189 g/mol. The third-order valence-electron chi connectivity index (χ3n) is 2.39. The van der Waals surface area contributed by atoms with Gasteiger partial charge in [-0.2, -0.15) is 0 Å². The lowest BCUT2D eigenvalue weighted by Crippen LogP contribution is -2.40. The first-order chi connectivity index (χ1) is 6.02. The number of allylic oxidation sites excluding steroid dienone is 1. The number of rotatable bonds is 3. The second-order valence-corrected chi connectivity index (χ2v) is 3.90. The van der Waals surface area contributed by atoms with E-state index in [1.54, 1.807) is 0 Å². The zero-order valence-electron chi connectivity index (χ0n) is 8.24. The highest BCUT2D eigenvalue weighted by Gasteiger charge is 2.43. The lowest BCUT2D eigenvalue weighted by molar-refractivity contribution is -0.0167. The van der Waals surface area contributed by atoms with Crippen LogP contribution >= 0.6 is 0 Å². The molecule has 0 aromatic rings. The van der Waals surface area contributed by atoms with Crippen LogP contribution in [-0.4, -0.2) is 18.5 Å². The molecule has 0 saturated heterocycles. The summed E-state index contributed by atoms with van der Waals surface area (Å²) < 4.78 is 26.1. The molecular weight excluding hydrogens is 172 g/mol. The Labute approximate surface area is 78.2 Å². The van der Waals surface area contributed by atoms with Crippen molar-refractivity contribution >= 4 is 0 Å². The predicted octanol–water partition coefficient (Wildman–Crippen LogP) is 2.73. The van der Waals surface area contributed by atoms with Crippen LogP contribution in [0.4, 0.5) is 8.78 Å². The molecule has 0 aromatic carbocycles. The van der Waals surface area contributed by atoms with Crippen LogP contribution in [0.15, 0.2) is 11.6 Å². The fourth-order valence-corrected chi connectivity index (χ4v) is 1.58. The Kier molecular flexibility index (Phi) is 3.42. The van der Waals surface area contributed by atoms with Crippen LogP contribution < -0.4 is 5.32 Å². The summed E-state index contributed by atoms with van der Waals surface area (Å²) in [5, 5.41) is 2.88. The van der Waals surface area contributed by atoms with Crippen molar-refractivity contribution in [1.82, 2.24) is 5.32 Å². The largest absolute Gasteiger partial charge is 0.305 e. The van der Waals surface area contributed by atoms with Crippen LogP contribution in [0.2, 0.25) is 0 Å². The van der Waals surface area contributed by atoms with Crippen molar-refractivity contribution in [2.24, 2.45) is 0 Å². The summed E-state index contributed by atoms with van der Waals surface area (Å²) in [4.78, 5) is 0. The number of hydrogen-bond acceptors (Lipinski definition) is 1. The van der Waals surface area contributed by atoms with Gasteiger partial charge in [0, 0.05) is 13.0 Å². The molecule has 1 aliphatic carbocycles. The van der Waals surface area contributed by atoms with Crippen molar-refractivity contribution in [3.63, 3.8) is 0 Å². The zero-order valence-corrected chi connectivity index (χ0v) is 8.24. The second kappa shape index (κ2) is 4.18. The molecule has 1 rings (SSSR count). The van der Waals surface area contributed by atoms with Crippen LogP contribution in [0.5, 0.6) is 0 Å². The Morgan fingerprint density at radius 3 is 2.69 bits per heavy atom. The van der Waals surface area contributed by atoms with Crippen molar-refractivity contribution in [1.29, 1.82) is 0 Å². The third-order valence-corrected chi connectivity index (χ3v) is 2.39. The highest BCUT2D eigenvalue weighted by molar-refractivity contribution is 4.97. The highest BCUT2D eigenvalue weighted by atomic mass is 19.3. The minimum atomic E-state index is -2.49. The summed E-state index contributed by atoms with van der Waals surface area (Å²) in [5.41, 5.74) is 1.16. The van der Waals surface area contributed by atoms with Gasteiger partial charge in [0.15, 0.2) is 0 Å². The Morgan fingerprint density at radius 2 is 2.23 bits per heavy atom. The Bertz CT molecular complexity index is 195. The predicted molar refractivity (Wildman–Crippen MR) is 50.0 cm³/mol. The summed E-state index contributed by atoms with van der Waals surface area (Å²) in [6.45, 7) is 4.49. The second-order valence-electron chi connectivity index (χ2n) is 3.90. The Balaban J connectivity index is 2.33. The molecule has 0 aliphatic heterocycles. The molecule has 0 radical (unpaired) electrons. The van der Waals surface area contributed by atoms with Crippen molar-refractivity contribution in [3.8, 4) is 0 Å². The standard InChI is InChI=1S/C10H17F2N/c1-8(2)5-7-13-9-4-3-6-10(9,11)12/h5,9,13H,3-4,6-7H2,1-2H3. The van der Waals surface area contributed by atoms with Gasteiger partial charge in [-0.3, -0.25) is 0 Å². The maximum absolute atomic E-state index is 13.1. The first-order valence-electron chi connectivity index (χ1n) is 4.77. The van der Waals surface area contributed by atoms with Crippen LogP contribution in [-0.2, 0) is 0 Å². The summed E-state index contributed by atoms with van der Waals surface area (Å²) >= 11 is 0. The van der Waals surface area contributed by atoms with E-state index in [-0.39, 0.29) is 6.42 Å². The Hall–Kier alpha value is -0.440. The van der Waals surface area contributed by atoms with Crippen molar-refractivity contribution < 1.29 is 8.78 Å². The monoisotopic (exact) mass is 189 g/mol. The van der Waals surface area contributed by atoms with E-state index in [1.807, 2.05) is 19.9 Å². The SMILES string of the molecule is CC(C)=CCNC1CCCC1(F)F. The van der Waals surface area contributed by atoms with E-state index in [1.165, 1.54) is 0 Å². The van der Waals surface area contributed by atoms with Gasteiger partial charge < -0.3 is 5.32 Å². The molecular formula is C10H17F2N. The zero-order chi connectivity index (χ0) is 9.90. The molecule has 1 fully saturated rings. The third kappa shape index (κ3) is 3.07. The molecule has 1 unspecified atom stereocenters. The van der Waals surface area contributed by atoms with Crippen LogP contribution in [0, 0.1) is 0 Å². The average Bonchev–Trinajstić information content (AvgIpc) is 2.30. The minimum absolute atomic E-state index is 0.0412. The van der Waals surface area contributed by atoms with Gasteiger partial charge in [0.1, 0.15) is 0 Å². The summed E-state index contributed by atoms with van der Waals surface area (Å²) in [7, 11) is 0. The molecule has 3 heteroatoms. The van der Waals surface area contributed by atoms with E-state index in [4.69, 9.17) is 0 Å². The maximum atomic E-state index is 13.1. The molecule has 1 nitrogen and oxygen atoms in total. The fourth-order valence-electron chi connectivity index (χ4n) is 1.58. The van der Waals surface area contributed by atoms with Gasteiger partial charge in [-0.15, -0.1) is 0 Å². The number of nitrogens with one attached hydrogen (secondary N) is 1. The lowest BCUT2D eigenvalue weighted by Gasteiger charge is -2.19.